The standard InChI is InChI=1S/C9H11N5O3/c1-13-3-2-8(15)14(9(13)16)5-6-11-7(4-10)17-12-6/h2-3H,4-5,10H2,1H3. The molecule has 0 spiro atoms. The summed E-state index contributed by atoms with van der Waals surface area (Å²) >= 11 is 0. The lowest BCUT2D eigenvalue weighted by molar-refractivity contribution is 0.373. The van der Waals surface area contributed by atoms with Crippen molar-refractivity contribution < 1.29 is 4.52 Å². The molecule has 2 aromatic rings. The molecule has 0 unspecified atom stereocenters. The molecule has 0 aliphatic rings. The summed E-state index contributed by atoms with van der Waals surface area (Å²) < 4.78 is 7.10. The van der Waals surface area contributed by atoms with Gasteiger partial charge >= 0.3 is 5.69 Å². The number of aromatic nitrogens is 4. The van der Waals surface area contributed by atoms with Crippen LogP contribution in [-0.2, 0) is 20.1 Å². The number of hydrogen-bond acceptors (Lipinski definition) is 6. The third-order valence-corrected chi connectivity index (χ3v) is 2.22. The van der Waals surface area contributed by atoms with E-state index in [9.17, 15) is 9.59 Å². The van der Waals surface area contributed by atoms with Crippen molar-refractivity contribution in [3.8, 4) is 0 Å². The fraction of sp³-hybridized carbons (Fsp3) is 0.333. The monoisotopic (exact) mass is 237 g/mol. The molecule has 0 aliphatic carbocycles. The number of aryl methyl sites for hydroxylation is 1. The van der Waals surface area contributed by atoms with E-state index in [2.05, 4.69) is 10.1 Å². The zero-order chi connectivity index (χ0) is 12.4. The third-order valence-electron chi connectivity index (χ3n) is 2.22. The first kappa shape index (κ1) is 11.3. The smallest absolute Gasteiger partial charge is 0.331 e. The van der Waals surface area contributed by atoms with E-state index in [0.29, 0.717) is 0 Å². The lowest BCUT2D eigenvalue weighted by Crippen LogP contribution is -2.38. The van der Waals surface area contributed by atoms with Gasteiger partial charge in [-0.15, -0.1) is 0 Å². The summed E-state index contributed by atoms with van der Waals surface area (Å²) in [6.07, 6.45) is 1.41. The molecule has 2 aromatic heterocycles. The van der Waals surface area contributed by atoms with Crippen LogP contribution >= 0.6 is 0 Å². The molecule has 0 fully saturated rings. The highest BCUT2D eigenvalue weighted by atomic mass is 16.5. The summed E-state index contributed by atoms with van der Waals surface area (Å²) in [7, 11) is 1.56. The van der Waals surface area contributed by atoms with Gasteiger partial charge < -0.3 is 14.8 Å². The molecule has 0 atom stereocenters. The van der Waals surface area contributed by atoms with E-state index < -0.39 is 11.2 Å². The predicted octanol–water partition coefficient (Wildman–Crippen LogP) is -1.56. The Morgan fingerprint density at radius 1 is 1.47 bits per heavy atom. The Balaban J connectivity index is 2.39. The summed E-state index contributed by atoms with van der Waals surface area (Å²) in [5.41, 5.74) is 4.47. The average Bonchev–Trinajstić information content (AvgIpc) is 2.77. The molecule has 0 saturated carbocycles. The van der Waals surface area contributed by atoms with E-state index in [-0.39, 0.29) is 24.8 Å². The van der Waals surface area contributed by atoms with Gasteiger partial charge in [-0.1, -0.05) is 5.16 Å². The van der Waals surface area contributed by atoms with Gasteiger partial charge in [-0.25, -0.2) is 4.79 Å². The molecule has 0 aromatic carbocycles. The minimum absolute atomic E-state index is 0.0319. The summed E-state index contributed by atoms with van der Waals surface area (Å²) in [4.78, 5) is 27.1. The zero-order valence-corrected chi connectivity index (χ0v) is 9.16. The molecular weight excluding hydrogens is 226 g/mol. The van der Waals surface area contributed by atoms with Crippen molar-refractivity contribution in [3.05, 3.63) is 44.8 Å². The van der Waals surface area contributed by atoms with Gasteiger partial charge in [0, 0.05) is 19.3 Å². The van der Waals surface area contributed by atoms with Crippen molar-refractivity contribution in [2.75, 3.05) is 0 Å². The Labute approximate surface area is 95.3 Å². The van der Waals surface area contributed by atoms with Crippen LogP contribution in [0, 0.1) is 0 Å². The second kappa shape index (κ2) is 4.34. The molecule has 17 heavy (non-hydrogen) atoms. The van der Waals surface area contributed by atoms with Gasteiger partial charge in [0.15, 0.2) is 5.82 Å². The number of nitrogens with zero attached hydrogens (tertiary/aromatic N) is 4. The van der Waals surface area contributed by atoms with Gasteiger partial charge in [-0.05, 0) is 0 Å². The fourth-order valence-corrected chi connectivity index (χ4v) is 1.34. The van der Waals surface area contributed by atoms with Crippen LogP contribution in [0.15, 0.2) is 26.4 Å². The number of hydrogen-bond donors (Lipinski definition) is 1. The van der Waals surface area contributed by atoms with Crippen LogP contribution < -0.4 is 17.0 Å². The van der Waals surface area contributed by atoms with E-state index >= 15 is 0 Å². The molecule has 2 heterocycles. The SMILES string of the molecule is Cn1ccc(=O)n(Cc2noc(CN)n2)c1=O. The first-order valence-electron chi connectivity index (χ1n) is 4.90. The summed E-state index contributed by atoms with van der Waals surface area (Å²) in [6.45, 7) is 0.0878. The summed E-state index contributed by atoms with van der Waals surface area (Å²) in [6, 6.07) is 1.30. The minimum Gasteiger partial charge on any atom is -0.338 e. The molecule has 8 heteroatoms. The maximum absolute atomic E-state index is 11.7. The lowest BCUT2D eigenvalue weighted by Gasteiger charge is -2.02. The van der Waals surface area contributed by atoms with Gasteiger partial charge in [0.25, 0.3) is 5.56 Å². The Kier molecular flexibility index (Phi) is 2.88. The van der Waals surface area contributed by atoms with E-state index in [1.807, 2.05) is 0 Å². The van der Waals surface area contributed by atoms with E-state index in [4.69, 9.17) is 10.3 Å². The highest BCUT2D eigenvalue weighted by molar-refractivity contribution is 4.91. The Morgan fingerprint density at radius 3 is 2.88 bits per heavy atom. The van der Waals surface area contributed by atoms with Crippen LogP contribution in [-0.4, -0.2) is 19.3 Å². The van der Waals surface area contributed by atoms with Crippen molar-refractivity contribution in [1.29, 1.82) is 0 Å². The maximum atomic E-state index is 11.7. The van der Waals surface area contributed by atoms with Crippen LogP contribution in [0.25, 0.3) is 0 Å². The van der Waals surface area contributed by atoms with Crippen LogP contribution in [0.1, 0.15) is 11.7 Å². The van der Waals surface area contributed by atoms with Crippen molar-refractivity contribution in [2.24, 2.45) is 12.8 Å². The molecule has 0 amide bonds. The third kappa shape index (κ3) is 2.16. The van der Waals surface area contributed by atoms with Gasteiger partial charge in [-0.2, -0.15) is 4.98 Å². The van der Waals surface area contributed by atoms with Crippen molar-refractivity contribution >= 4 is 0 Å². The van der Waals surface area contributed by atoms with E-state index in [1.54, 1.807) is 7.05 Å². The Bertz CT molecular complexity index is 639. The Hall–Kier alpha value is -2.22. The van der Waals surface area contributed by atoms with Crippen LogP contribution in [0.4, 0.5) is 0 Å². The van der Waals surface area contributed by atoms with Crippen LogP contribution in [0.2, 0.25) is 0 Å². The maximum Gasteiger partial charge on any atom is 0.331 e. The average molecular weight is 237 g/mol. The number of nitrogens with two attached hydrogens (primary N) is 1. The molecule has 0 saturated heterocycles. The topological polar surface area (TPSA) is 109 Å². The normalized spacial score (nSPS) is 10.7. The van der Waals surface area contributed by atoms with Crippen molar-refractivity contribution in [3.63, 3.8) is 0 Å². The highest BCUT2D eigenvalue weighted by Gasteiger charge is 2.09. The zero-order valence-electron chi connectivity index (χ0n) is 9.16. The van der Waals surface area contributed by atoms with Gasteiger partial charge in [0.05, 0.1) is 13.1 Å². The van der Waals surface area contributed by atoms with Gasteiger partial charge in [0.2, 0.25) is 5.89 Å². The minimum atomic E-state index is -0.434. The van der Waals surface area contributed by atoms with Crippen molar-refractivity contribution in [1.82, 2.24) is 19.3 Å². The molecule has 90 valence electrons. The molecule has 2 N–H and O–H groups in total. The second-order valence-electron chi connectivity index (χ2n) is 3.44. The van der Waals surface area contributed by atoms with Crippen molar-refractivity contribution in [2.45, 2.75) is 13.1 Å². The Morgan fingerprint density at radius 2 is 2.24 bits per heavy atom. The second-order valence-corrected chi connectivity index (χ2v) is 3.44. The first-order valence-corrected chi connectivity index (χ1v) is 4.90. The van der Waals surface area contributed by atoms with Gasteiger partial charge in [0.1, 0.15) is 0 Å². The molecule has 0 bridgehead atoms. The fourth-order valence-electron chi connectivity index (χ4n) is 1.34. The predicted molar refractivity (Wildman–Crippen MR) is 57.2 cm³/mol. The first-order chi connectivity index (χ1) is 8.11. The molecule has 0 aliphatic heterocycles. The molecule has 8 nitrogen and oxygen atoms in total. The van der Waals surface area contributed by atoms with Gasteiger partial charge in [-0.3, -0.25) is 9.36 Å². The molecule has 2 rings (SSSR count). The highest BCUT2D eigenvalue weighted by Crippen LogP contribution is 1.96. The van der Waals surface area contributed by atoms with Crippen LogP contribution in [0.5, 0.6) is 0 Å². The molecular formula is C9H11N5O3. The summed E-state index contributed by atoms with van der Waals surface area (Å²) in [5.74, 6) is 0.511. The number of rotatable bonds is 3. The largest absolute Gasteiger partial charge is 0.338 e. The van der Waals surface area contributed by atoms with E-state index in [1.165, 1.54) is 16.8 Å². The lowest BCUT2D eigenvalue weighted by atomic mass is 10.5. The van der Waals surface area contributed by atoms with E-state index in [0.717, 1.165) is 4.57 Å². The summed E-state index contributed by atoms with van der Waals surface area (Å²) in [5, 5.41) is 3.62. The van der Waals surface area contributed by atoms with Crippen LogP contribution in [0.3, 0.4) is 0 Å². The quantitative estimate of drug-likeness (QED) is 0.691. The molecule has 0 radical (unpaired) electrons.